The second-order valence-electron chi connectivity index (χ2n) is 6.53. The highest BCUT2D eigenvalue weighted by atomic mass is 16.5. The van der Waals surface area contributed by atoms with Crippen molar-refractivity contribution in [1.82, 2.24) is 9.80 Å². The van der Waals surface area contributed by atoms with Crippen LogP contribution in [-0.4, -0.2) is 70.2 Å². The Kier molecular flexibility index (Phi) is 5.58. The van der Waals surface area contributed by atoms with Crippen LogP contribution in [0.3, 0.4) is 0 Å². The first-order valence-electron chi connectivity index (χ1n) is 8.88. The van der Waals surface area contributed by atoms with Gasteiger partial charge in [0, 0.05) is 37.3 Å². The van der Waals surface area contributed by atoms with E-state index in [-0.39, 0.29) is 17.4 Å². The quantitative estimate of drug-likeness (QED) is 0.694. The van der Waals surface area contributed by atoms with Crippen LogP contribution in [0.4, 0.5) is 0 Å². The van der Waals surface area contributed by atoms with E-state index in [1.54, 1.807) is 34.1 Å². The van der Waals surface area contributed by atoms with Crippen molar-refractivity contribution in [3.8, 4) is 23.0 Å². The minimum Gasteiger partial charge on any atom is -0.504 e. The molecule has 8 nitrogen and oxygen atoms in total. The van der Waals surface area contributed by atoms with Gasteiger partial charge in [0.25, 0.3) is 11.8 Å². The molecule has 2 aromatic carbocycles. The summed E-state index contributed by atoms with van der Waals surface area (Å²) >= 11 is 0. The number of methoxy groups -OCH3 is 1. The summed E-state index contributed by atoms with van der Waals surface area (Å²) in [6.45, 7) is 1.61. The first-order valence-corrected chi connectivity index (χ1v) is 8.88. The lowest BCUT2D eigenvalue weighted by Crippen LogP contribution is -2.37. The number of carbonyl (C=O) groups is 2. The van der Waals surface area contributed by atoms with Crippen molar-refractivity contribution in [3.63, 3.8) is 0 Å². The van der Waals surface area contributed by atoms with E-state index >= 15 is 0 Å². The zero-order valence-corrected chi connectivity index (χ0v) is 15.5. The molecule has 3 rings (SSSR count). The molecule has 1 aliphatic heterocycles. The molecule has 0 radical (unpaired) electrons. The van der Waals surface area contributed by atoms with Gasteiger partial charge >= 0.3 is 0 Å². The Hall–Kier alpha value is -3.42. The lowest BCUT2D eigenvalue weighted by atomic mass is 10.1. The molecule has 0 aliphatic carbocycles. The van der Waals surface area contributed by atoms with Crippen molar-refractivity contribution in [3.05, 3.63) is 47.5 Å². The second kappa shape index (κ2) is 8.08. The highest BCUT2D eigenvalue weighted by Gasteiger charge is 2.25. The fourth-order valence-corrected chi connectivity index (χ4v) is 3.17. The van der Waals surface area contributed by atoms with Gasteiger partial charge in [0.15, 0.2) is 17.2 Å². The van der Waals surface area contributed by atoms with Gasteiger partial charge in [0.2, 0.25) is 0 Å². The fraction of sp³-hybridized carbons (Fsp3) is 0.300. The van der Waals surface area contributed by atoms with Crippen LogP contribution in [0.5, 0.6) is 23.0 Å². The Morgan fingerprint density at radius 3 is 2.00 bits per heavy atom. The summed E-state index contributed by atoms with van der Waals surface area (Å²) in [5, 5.41) is 28.7. The van der Waals surface area contributed by atoms with Crippen LogP contribution < -0.4 is 4.74 Å². The van der Waals surface area contributed by atoms with Gasteiger partial charge in [-0.15, -0.1) is 0 Å². The number of phenols is 3. The molecule has 0 spiro atoms. The Balaban J connectivity index is 1.70. The van der Waals surface area contributed by atoms with Gasteiger partial charge < -0.3 is 29.9 Å². The summed E-state index contributed by atoms with van der Waals surface area (Å²) in [6.07, 6.45) is 0.595. The van der Waals surface area contributed by atoms with Gasteiger partial charge in [0.1, 0.15) is 5.75 Å². The average molecular weight is 386 g/mol. The topological polar surface area (TPSA) is 111 Å². The van der Waals surface area contributed by atoms with Gasteiger partial charge in [-0.2, -0.15) is 0 Å². The second-order valence-corrected chi connectivity index (χ2v) is 6.53. The van der Waals surface area contributed by atoms with E-state index in [0.717, 1.165) is 12.1 Å². The molecule has 0 saturated carbocycles. The number of amides is 2. The molecule has 148 valence electrons. The van der Waals surface area contributed by atoms with Crippen molar-refractivity contribution in [1.29, 1.82) is 0 Å². The van der Waals surface area contributed by atoms with Gasteiger partial charge in [-0.25, -0.2) is 0 Å². The van der Waals surface area contributed by atoms with Crippen molar-refractivity contribution < 1.29 is 29.6 Å². The minimum absolute atomic E-state index is 0.0698. The van der Waals surface area contributed by atoms with E-state index in [0.29, 0.717) is 43.9 Å². The van der Waals surface area contributed by atoms with Crippen LogP contribution in [0.1, 0.15) is 27.1 Å². The van der Waals surface area contributed by atoms with Gasteiger partial charge in [-0.3, -0.25) is 9.59 Å². The predicted molar refractivity (Wildman–Crippen MR) is 101 cm³/mol. The molecule has 1 fully saturated rings. The lowest BCUT2D eigenvalue weighted by Gasteiger charge is -2.22. The van der Waals surface area contributed by atoms with Crippen molar-refractivity contribution in [2.75, 3.05) is 33.3 Å². The normalized spacial score (nSPS) is 14.5. The summed E-state index contributed by atoms with van der Waals surface area (Å²) in [4.78, 5) is 28.7. The Labute approximate surface area is 162 Å². The molecule has 2 amide bonds. The predicted octanol–water partition coefficient (Wildman–Crippen LogP) is 1.80. The number of carbonyl (C=O) groups excluding carboxylic acids is 2. The van der Waals surface area contributed by atoms with Gasteiger partial charge in [-0.1, -0.05) is 6.07 Å². The number of nitrogens with zero attached hydrogens (tertiary/aromatic N) is 2. The van der Waals surface area contributed by atoms with Gasteiger partial charge in [0.05, 0.1) is 7.11 Å². The maximum Gasteiger partial charge on any atom is 0.254 e. The zero-order valence-electron chi connectivity index (χ0n) is 15.5. The molecular weight excluding hydrogens is 364 g/mol. The SMILES string of the molecule is COc1cccc(C(=O)N2CCCN(C(=O)c3cc(O)c(O)c(O)c3)CC2)c1. The summed E-state index contributed by atoms with van der Waals surface area (Å²) in [7, 11) is 1.54. The third-order valence-corrected chi connectivity index (χ3v) is 4.70. The molecule has 1 saturated heterocycles. The Morgan fingerprint density at radius 2 is 1.43 bits per heavy atom. The van der Waals surface area contributed by atoms with Crippen molar-refractivity contribution in [2.24, 2.45) is 0 Å². The van der Waals surface area contributed by atoms with E-state index in [4.69, 9.17) is 4.74 Å². The van der Waals surface area contributed by atoms with Crippen LogP contribution in [0.25, 0.3) is 0 Å². The Morgan fingerprint density at radius 1 is 0.857 bits per heavy atom. The van der Waals surface area contributed by atoms with Crippen LogP contribution in [-0.2, 0) is 0 Å². The third kappa shape index (κ3) is 3.95. The smallest absolute Gasteiger partial charge is 0.254 e. The first-order chi connectivity index (χ1) is 13.4. The number of phenolic OH excluding ortho intramolecular Hbond substituents is 3. The summed E-state index contributed by atoms with van der Waals surface area (Å²) in [5.41, 5.74) is 0.591. The molecule has 0 bridgehead atoms. The first kappa shape index (κ1) is 19.3. The lowest BCUT2D eigenvalue weighted by molar-refractivity contribution is 0.0718. The molecule has 1 aliphatic rings. The van der Waals surface area contributed by atoms with E-state index in [2.05, 4.69) is 0 Å². The maximum atomic E-state index is 12.8. The molecule has 2 aromatic rings. The number of ether oxygens (including phenoxy) is 1. The molecule has 1 heterocycles. The zero-order chi connectivity index (χ0) is 20.3. The summed E-state index contributed by atoms with van der Waals surface area (Å²) in [6, 6.07) is 9.15. The number of rotatable bonds is 3. The van der Waals surface area contributed by atoms with E-state index < -0.39 is 17.2 Å². The molecule has 8 heteroatoms. The van der Waals surface area contributed by atoms with E-state index in [1.807, 2.05) is 0 Å². The Bertz CT molecular complexity index is 875. The molecule has 3 N–H and O–H groups in total. The number of hydrogen-bond acceptors (Lipinski definition) is 6. The summed E-state index contributed by atoms with van der Waals surface area (Å²) in [5.74, 6) is -1.71. The molecule has 0 unspecified atom stereocenters. The van der Waals surface area contributed by atoms with Crippen molar-refractivity contribution in [2.45, 2.75) is 6.42 Å². The van der Waals surface area contributed by atoms with Gasteiger partial charge in [-0.05, 0) is 36.8 Å². The molecular formula is C20H22N2O6. The average Bonchev–Trinajstić information content (AvgIpc) is 2.96. The van der Waals surface area contributed by atoms with Crippen LogP contribution >= 0.6 is 0 Å². The number of hydrogen-bond donors (Lipinski definition) is 3. The largest absolute Gasteiger partial charge is 0.504 e. The monoisotopic (exact) mass is 386 g/mol. The molecule has 0 aromatic heterocycles. The van der Waals surface area contributed by atoms with E-state index in [9.17, 15) is 24.9 Å². The van der Waals surface area contributed by atoms with Crippen LogP contribution in [0.2, 0.25) is 0 Å². The van der Waals surface area contributed by atoms with Crippen LogP contribution in [0.15, 0.2) is 36.4 Å². The number of aromatic hydroxyl groups is 3. The third-order valence-electron chi connectivity index (χ3n) is 4.70. The molecule has 0 atom stereocenters. The van der Waals surface area contributed by atoms with Crippen molar-refractivity contribution >= 4 is 11.8 Å². The fourth-order valence-electron chi connectivity index (χ4n) is 3.17. The highest BCUT2D eigenvalue weighted by Crippen LogP contribution is 2.35. The number of benzene rings is 2. The summed E-state index contributed by atoms with van der Waals surface area (Å²) < 4.78 is 5.16. The molecule has 28 heavy (non-hydrogen) atoms. The standard InChI is InChI=1S/C20H22N2O6/c1-28-15-5-2-4-13(10-15)19(26)21-6-3-7-22(9-8-21)20(27)14-11-16(23)18(25)17(24)12-14/h2,4-5,10-12,23-25H,3,6-9H2,1H3. The maximum absolute atomic E-state index is 12.8. The highest BCUT2D eigenvalue weighted by molar-refractivity contribution is 5.96. The van der Waals surface area contributed by atoms with Crippen LogP contribution in [0, 0.1) is 0 Å². The van der Waals surface area contributed by atoms with E-state index in [1.165, 1.54) is 7.11 Å². The minimum atomic E-state index is -0.664.